The number of hydrogen-bond donors (Lipinski definition) is 2. The first-order valence-corrected chi connectivity index (χ1v) is 6.86. The second-order valence-corrected chi connectivity index (χ2v) is 4.80. The normalized spacial score (nSPS) is 11.9. The van der Waals surface area contributed by atoms with E-state index in [-0.39, 0.29) is 13.3 Å². The highest BCUT2D eigenvalue weighted by molar-refractivity contribution is 6.39. The van der Waals surface area contributed by atoms with Crippen LogP contribution in [0.2, 0.25) is 0 Å². The largest absolute Gasteiger partial charge is 0.454 e. The van der Waals surface area contributed by atoms with Gasteiger partial charge in [-0.3, -0.25) is 9.59 Å². The number of nitrogens with one attached hydrogen (secondary N) is 2. The van der Waals surface area contributed by atoms with Gasteiger partial charge in [-0.1, -0.05) is 18.2 Å². The van der Waals surface area contributed by atoms with E-state index in [1.807, 2.05) is 0 Å². The molecule has 0 aromatic heterocycles. The highest BCUT2D eigenvalue weighted by Crippen LogP contribution is 2.34. The fourth-order valence-electron chi connectivity index (χ4n) is 2.06. The van der Waals surface area contributed by atoms with Crippen molar-refractivity contribution in [2.24, 2.45) is 0 Å². The standard InChI is InChI=1S/C16H13FN2O4/c17-12-4-2-1-3-10(12)8-18-15(20)16(21)19-11-5-6-13-14(7-11)23-9-22-13/h1-7H,8-9H2,(H,18,20)(H,19,21). The van der Waals surface area contributed by atoms with Crippen LogP contribution in [0.4, 0.5) is 10.1 Å². The van der Waals surface area contributed by atoms with E-state index in [2.05, 4.69) is 10.6 Å². The zero-order valence-electron chi connectivity index (χ0n) is 12.0. The Hall–Kier alpha value is -3.09. The lowest BCUT2D eigenvalue weighted by molar-refractivity contribution is -0.136. The van der Waals surface area contributed by atoms with E-state index >= 15 is 0 Å². The molecule has 0 fully saturated rings. The van der Waals surface area contributed by atoms with Crippen molar-refractivity contribution in [1.29, 1.82) is 0 Å². The fraction of sp³-hybridized carbons (Fsp3) is 0.125. The molecule has 0 saturated carbocycles. The molecular weight excluding hydrogens is 303 g/mol. The summed E-state index contributed by atoms with van der Waals surface area (Å²) in [5, 5.41) is 4.81. The van der Waals surface area contributed by atoms with E-state index < -0.39 is 17.6 Å². The predicted molar refractivity (Wildman–Crippen MR) is 79.4 cm³/mol. The second kappa shape index (κ2) is 6.35. The average Bonchev–Trinajstić information content (AvgIpc) is 3.01. The van der Waals surface area contributed by atoms with Gasteiger partial charge in [-0.25, -0.2) is 4.39 Å². The lowest BCUT2D eigenvalue weighted by Crippen LogP contribution is -2.35. The molecule has 1 heterocycles. The zero-order valence-corrected chi connectivity index (χ0v) is 12.0. The van der Waals surface area contributed by atoms with Crippen LogP contribution in [0, 0.1) is 5.82 Å². The molecule has 7 heteroatoms. The van der Waals surface area contributed by atoms with Gasteiger partial charge in [0, 0.05) is 23.9 Å². The third-order valence-corrected chi connectivity index (χ3v) is 3.23. The molecule has 2 aromatic rings. The minimum atomic E-state index is -0.856. The van der Waals surface area contributed by atoms with E-state index in [4.69, 9.17) is 9.47 Å². The Morgan fingerprint density at radius 1 is 1.04 bits per heavy atom. The number of ether oxygens (including phenoxy) is 2. The molecule has 0 atom stereocenters. The molecule has 2 amide bonds. The van der Waals surface area contributed by atoms with Crippen LogP contribution in [0.5, 0.6) is 11.5 Å². The van der Waals surface area contributed by atoms with Gasteiger partial charge in [-0.15, -0.1) is 0 Å². The number of halogens is 1. The Balaban J connectivity index is 1.57. The van der Waals surface area contributed by atoms with Crippen LogP contribution in [0.25, 0.3) is 0 Å². The Labute approximate surface area is 131 Å². The van der Waals surface area contributed by atoms with Crippen LogP contribution in [0.1, 0.15) is 5.56 Å². The SMILES string of the molecule is O=C(NCc1ccccc1F)C(=O)Nc1ccc2c(c1)OCO2. The smallest absolute Gasteiger partial charge is 0.313 e. The number of rotatable bonds is 3. The summed E-state index contributed by atoms with van der Waals surface area (Å²) in [6.07, 6.45) is 0. The van der Waals surface area contributed by atoms with Gasteiger partial charge >= 0.3 is 11.8 Å². The Bertz CT molecular complexity index is 763. The number of benzene rings is 2. The second-order valence-electron chi connectivity index (χ2n) is 4.80. The molecule has 3 rings (SSSR count). The Morgan fingerprint density at radius 2 is 1.83 bits per heavy atom. The molecular formula is C16H13FN2O4. The Kier molecular flexibility index (Phi) is 4.09. The van der Waals surface area contributed by atoms with Gasteiger partial charge in [0.2, 0.25) is 6.79 Å². The molecule has 1 aliphatic rings. The van der Waals surface area contributed by atoms with Gasteiger partial charge in [0.1, 0.15) is 5.82 Å². The van der Waals surface area contributed by atoms with E-state index in [1.54, 1.807) is 30.3 Å². The number of carbonyl (C=O) groups is 2. The van der Waals surface area contributed by atoms with E-state index in [1.165, 1.54) is 12.1 Å². The highest BCUT2D eigenvalue weighted by Gasteiger charge is 2.17. The number of fused-ring (bicyclic) bond motifs is 1. The predicted octanol–water partition coefficient (Wildman–Crippen LogP) is 1.81. The highest BCUT2D eigenvalue weighted by atomic mass is 19.1. The minimum Gasteiger partial charge on any atom is -0.454 e. The molecule has 0 bridgehead atoms. The molecule has 118 valence electrons. The van der Waals surface area contributed by atoms with Gasteiger partial charge in [-0.2, -0.15) is 0 Å². The maximum absolute atomic E-state index is 13.4. The van der Waals surface area contributed by atoms with Crippen LogP contribution in [-0.4, -0.2) is 18.6 Å². The lowest BCUT2D eigenvalue weighted by atomic mass is 10.2. The Morgan fingerprint density at radius 3 is 2.65 bits per heavy atom. The first-order valence-electron chi connectivity index (χ1n) is 6.86. The topological polar surface area (TPSA) is 76.7 Å². The number of carbonyl (C=O) groups excluding carboxylic acids is 2. The maximum Gasteiger partial charge on any atom is 0.313 e. The van der Waals surface area contributed by atoms with Gasteiger partial charge in [0.15, 0.2) is 11.5 Å². The fourth-order valence-corrected chi connectivity index (χ4v) is 2.06. The van der Waals surface area contributed by atoms with E-state index in [0.717, 1.165) is 0 Å². The monoisotopic (exact) mass is 316 g/mol. The van der Waals surface area contributed by atoms with Crippen molar-refractivity contribution in [2.75, 3.05) is 12.1 Å². The number of amides is 2. The first kappa shape index (κ1) is 14.8. The molecule has 1 aliphatic heterocycles. The van der Waals surface area contributed by atoms with Crippen LogP contribution in [-0.2, 0) is 16.1 Å². The maximum atomic E-state index is 13.4. The molecule has 2 N–H and O–H groups in total. The van der Waals surface area contributed by atoms with E-state index in [9.17, 15) is 14.0 Å². The summed E-state index contributed by atoms with van der Waals surface area (Å²) in [6, 6.07) is 10.8. The van der Waals surface area contributed by atoms with Crippen molar-refractivity contribution in [2.45, 2.75) is 6.54 Å². The number of hydrogen-bond acceptors (Lipinski definition) is 4. The molecule has 2 aromatic carbocycles. The van der Waals surface area contributed by atoms with Crippen molar-refractivity contribution in [3.8, 4) is 11.5 Å². The molecule has 0 radical (unpaired) electrons. The minimum absolute atomic E-state index is 0.0694. The first-order chi connectivity index (χ1) is 11.1. The summed E-state index contributed by atoms with van der Waals surface area (Å²) in [7, 11) is 0. The van der Waals surface area contributed by atoms with Crippen LogP contribution >= 0.6 is 0 Å². The van der Waals surface area contributed by atoms with Crippen molar-refractivity contribution in [3.63, 3.8) is 0 Å². The summed E-state index contributed by atoms with van der Waals surface area (Å²) < 4.78 is 23.8. The van der Waals surface area contributed by atoms with Gasteiger partial charge in [0.05, 0.1) is 0 Å². The summed E-state index contributed by atoms with van der Waals surface area (Å²) in [5.41, 5.74) is 0.706. The van der Waals surface area contributed by atoms with E-state index in [0.29, 0.717) is 22.7 Å². The molecule has 6 nitrogen and oxygen atoms in total. The summed E-state index contributed by atoms with van der Waals surface area (Å²) in [6.45, 7) is 0.0515. The molecule has 23 heavy (non-hydrogen) atoms. The molecule has 0 spiro atoms. The quantitative estimate of drug-likeness (QED) is 0.847. The molecule has 0 saturated heterocycles. The number of anilines is 1. The molecule has 0 unspecified atom stereocenters. The third kappa shape index (κ3) is 3.39. The van der Waals surface area contributed by atoms with Crippen LogP contribution < -0.4 is 20.1 Å². The summed E-state index contributed by atoms with van der Waals surface area (Å²) in [5.74, 6) is -1.07. The van der Waals surface area contributed by atoms with Gasteiger partial charge in [0.25, 0.3) is 0 Å². The van der Waals surface area contributed by atoms with Crippen molar-refractivity contribution >= 4 is 17.5 Å². The third-order valence-electron chi connectivity index (χ3n) is 3.23. The van der Waals surface area contributed by atoms with Gasteiger partial charge in [-0.05, 0) is 18.2 Å². The van der Waals surface area contributed by atoms with Crippen LogP contribution in [0.15, 0.2) is 42.5 Å². The van der Waals surface area contributed by atoms with Gasteiger partial charge < -0.3 is 20.1 Å². The summed E-state index contributed by atoms with van der Waals surface area (Å²) in [4.78, 5) is 23.6. The average molecular weight is 316 g/mol. The molecule has 0 aliphatic carbocycles. The van der Waals surface area contributed by atoms with Crippen molar-refractivity contribution in [1.82, 2.24) is 5.32 Å². The van der Waals surface area contributed by atoms with Crippen molar-refractivity contribution in [3.05, 3.63) is 53.8 Å². The lowest BCUT2D eigenvalue weighted by Gasteiger charge is -2.07. The summed E-state index contributed by atoms with van der Waals surface area (Å²) >= 11 is 0. The van der Waals surface area contributed by atoms with Crippen molar-refractivity contribution < 1.29 is 23.5 Å². The van der Waals surface area contributed by atoms with Crippen LogP contribution in [0.3, 0.4) is 0 Å². The zero-order chi connectivity index (χ0) is 16.2.